The van der Waals surface area contributed by atoms with Crippen LogP contribution < -0.4 is 5.73 Å². The molecule has 0 bridgehead atoms. The van der Waals surface area contributed by atoms with E-state index >= 15 is 0 Å². The summed E-state index contributed by atoms with van der Waals surface area (Å²) < 4.78 is 38.7. The lowest BCUT2D eigenvalue weighted by Crippen LogP contribution is -2.29. The van der Waals surface area contributed by atoms with Crippen LogP contribution in [0.25, 0.3) is 0 Å². The number of allylic oxidation sites excluding steroid dienone is 7. The van der Waals surface area contributed by atoms with Gasteiger partial charge in [0.05, 0.1) is 25.4 Å². The van der Waals surface area contributed by atoms with Crippen molar-refractivity contribution in [1.29, 1.82) is 0 Å². The van der Waals surface area contributed by atoms with E-state index in [1.54, 1.807) is 0 Å². The second-order valence-corrected chi connectivity index (χ2v) is 17.8. The standard InChI is InChI=1S/C49H88NO9P/c1-3-5-7-9-11-13-15-17-18-19-20-21-22-23-24-25-27-29-31-33-35-39-48(51)55-43-45(44-57-60(53,54)56-42-41-50)58-49(52)40-36-38-47-46(59-47)37-34-32-30-28-26-16-14-12-10-8-6-4-2/h12,14,17-18,26,28,32,34,45-47H,3-11,13,15-16,19-25,27,29-31,33,35-44,50H2,1-2H3,(H,53,54)/b14-12-,18-17-,28-26-,34-32-/t45-,46?,47?/m1/s1. The summed E-state index contributed by atoms with van der Waals surface area (Å²) >= 11 is 0. The smallest absolute Gasteiger partial charge is 0.462 e. The SMILES string of the molecule is CCCCC/C=C\C/C=C\C/C=C\CC1OC1CCCC(=O)O[C@H](COC(=O)CCCCCCCCCCCCC/C=C\CCCCCCCC)COP(=O)(O)OCCN. The van der Waals surface area contributed by atoms with E-state index in [0.717, 1.165) is 51.4 Å². The fourth-order valence-electron chi connectivity index (χ4n) is 6.89. The zero-order valence-electron chi connectivity index (χ0n) is 38.1. The van der Waals surface area contributed by atoms with Crippen molar-refractivity contribution in [2.75, 3.05) is 26.4 Å². The van der Waals surface area contributed by atoms with E-state index in [2.05, 4.69) is 62.5 Å². The number of rotatable bonds is 44. The molecule has 3 unspecified atom stereocenters. The van der Waals surface area contributed by atoms with Crippen molar-refractivity contribution in [3.8, 4) is 0 Å². The van der Waals surface area contributed by atoms with Crippen molar-refractivity contribution >= 4 is 19.8 Å². The molecule has 10 nitrogen and oxygen atoms in total. The van der Waals surface area contributed by atoms with Crippen LogP contribution in [0.2, 0.25) is 0 Å². The molecule has 1 rings (SSSR count). The molecule has 1 aliphatic rings. The largest absolute Gasteiger partial charge is 0.472 e. The number of epoxide rings is 1. The molecule has 1 fully saturated rings. The molecule has 0 aliphatic carbocycles. The third kappa shape index (κ3) is 37.7. The third-order valence-electron chi connectivity index (χ3n) is 10.6. The molecule has 4 atom stereocenters. The number of carbonyl (C=O) groups is 2. The Kier molecular flexibility index (Phi) is 38.2. The molecule has 0 aromatic carbocycles. The maximum atomic E-state index is 12.7. The van der Waals surface area contributed by atoms with E-state index < -0.39 is 32.5 Å². The van der Waals surface area contributed by atoms with Crippen molar-refractivity contribution < 1.29 is 42.3 Å². The number of hydrogen-bond acceptors (Lipinski definition) is 9. The lowest BCUT2D eigenvalue weighted by Gasteiger charge is -2.19. The highest BCUT2D eigenvalue weighted by molar-refractivity contribution is 7.47. The molecular formula is C49H88NO9P. The molecule has 0 aromatic heterocycles. The summed E-state index contributed by atoms with van der Waals surface area (Å²) in [5.74, 6) is -0.903. The van der Waals surface area contributed by atoms with Gasteiger partial charge in [-0.25, -0.2) is 4.57 Å². The summed E-state index contributed by atoms with van der Waals surface area (Å²) in [5, 5.41) is 0. The monoisotopic (exact) mass is 866 g/mol. The molecule has 1 saturated heterocycles. The minimum atomic E-state index is -4.41. The maximum absolute atomic E-state index is 12.7. The number of unbranched alkanes of at least 4 members (excludes halogenated alkanes) is 20. The van der Waals surface area contributed by atoms with Crippen LogP contribution in [0, 0.1) is 0 Å². The Morgan fingerprint density at radius 1 is 0.600 bits per heavy atom. The highest BCUT2D eigenvalue weighted by Crippen LogP contribution is 2.43. The average molecular weight is 866 g/mol. The fraction of sp³-hybridized carbons (Fsp3) is 0.796. The van der Waals surface area contributed by atoms with Crippen LogP contribution in [0.1, 0.15) is 206 Å². The number of carbonyl (C=O) groups excluding carboxylic acids is 2. The van der Waals surface area contributed by atoms with Crippen LogP contribution in [0.15, 0.2) is 48.6 Å². The molecule has 0 aromatic rings. The second-order valence-electron chi connectivity index (χ2n) is 16.4. The van der Waals surface area contributed by atoms with Gasteiger partial charge in [-0.05, 0) is 77.0 Å². The third-order valence-corrected chi connectivity index (χ3v) is 11.6. The van der Waals surface area contributed by atoms with Gasteiger partial charge in [0.15, 0.2) is 6.10 Å². The van der Waals surface area contributed by atoms with Crippen LogP contribution in [-0.2, 0) is 37.4 Å². The van der Waals surface area contributed by atoms with Crippen molar-refractivity contribution in [3.05, 3.63) is 48.6 Å². The van der Waals surface area contributed by atoms with Gasteiger partial charge in [0, 0.05) is 19.4 Å². The van der Waals surface area contributed by atoms with Crippen LogP contribution in [0.5, 0.6) is 0 Å². The summed E-state index contributed by atoms with van der Waals surface area (Å²) in [7, 11) is -4.41. The molecule has 3 N–H and O–H groups in total. The van der Waals surface area contributed by atoms with Gasteiger partial charge in [0.2, 0.25) is 0 Å². The van der Waals surface area contributed by atoms with E-state index in [-0.39, 0.29) is 44.8 Å². The lowest BCUT2D eigenvalue weighted by molar-refractivity contribution is -0.161. The summed E-state index contributed by atoms with van der Waals surface area (Å²) in [6.07, 6.45) is 50.2. The molecule has 0 spiro atoms. The lowest BCUT2D eigenvalue weighted by atomic mass is 10.0. The van der Waals surface area contributed by atoms with Gasteiger partial charge >= 0.3 is 19.8 Å². The summed E-state index contributed by atoms with van der Waals surface area (Å²) in [6.45, 7) is 3.63. The van der Waals surface area contributed by atoms with Gasteiger partial charge in [0.25, 0.3) is 0 Å². The maximum Gasteiger partial charge on any atom is 0.472 e. The highest BCUT2D eigenvalue weighted by Gasteiger charge is 2.37. The van der Waals surface area contributed by atoms with Crippen molar-refractivity contribution in [2.45, 2.75) is 225 Å². The minimum Gasteiger partial charge on any atom is -0.462 e. The molecule has 0 saturated carbocycles. The first-order valence-corrected chi connectivity index (χ1v) is 25.7. The highest BCUT2D eigenvalue weighted by atomic mass is 31.2. The topological polar surface area (TPSA) is 147 Å². The zero-order chi connectivity index (χ0) is 43.6. The zero-order valence-corrected chi connectivity index (χ0v) is 39.0. The number of hydrogen-bond donors (Lipinski definition) is 2. The van der Waals surface area contributed by atoms with E-state index in [1.165, 1.54) is 122 Å². The molecule has 1 aliphatic heterocycles. The molecule has 1 heterocycles. The van der Waals surface area contributed by atoms with Crippen molar-refractivity contribution in [3.63, 3.8) is 0 Å². The normalized spacial score (nSPS) is 17.0. The number of esters is 2. The minimum absolute atomic E-state index is 0.0400. The number of phosphoric ester groups is 1. The molecular weight excluding hydrogens is 778 g/mol. The molecule has 60 heavy (non-hydrogen) atoms. The molecule has 0 radical (unpaired) electrons. The number of ether oxygens (including phenoxy) is 3. The van der Waals surface area contributed by atoms with Crippen LogP contribution >= 0.6 is 7.82 Å². The van der Waals surface area contributed by atoms with Gasteiger partial charge in [-0.1, -0.05) is 165 Å². The first-order chi connectivity index (χ1) is 29.3. The Hall–Kier alpha value is -2.07. The Bertz CT molecular complexity index is 1190. The van der Waals surface area contributed by atoms with Crippen LogP contribution in [0.3, 0.4) is 0 Å². The molecule has 11 heteroatoms. The van der Waals surface area contributed by atoms with E-state index in [4.69, 9.17) is 29.0 Å². The summed E-state index contributed by atoms with van der Waals surface area (Å²) in [4.78, 5) is 35.1. The Labute approximate surface area is 366 Å². The van der Waals surface area contributed by atoms with Gasteiger partial charge < -0.3 is 24.8 Å². The summed E-state index contributed by atoms with van der Waals surface area (Å²) in [5.41, 5.74) is 5.36. The van der Waals surface area contributed by atoms with Gasteiger partial charge in [0.1, 0.15) is 6.61 Å². The number of phosphoric acid groups is 1. The number of nitrogens with two attached hydrogens (primary N) is 1. The second kappa shape index (κ2) is 41.0. The Balaban J connectivity index is 2.17. The predicted octanol–water partition coefficient (Wildman–Crippen LogP) is 13.3. The van der Waals surface area contributed by atoms with E-state index in [1.807, 2.05) is 0 Å². The first kappa shape index (κ1) is 55.9. The predicted molar refractivity (Wildman–Crippen MR) is 247 cm³/mol. The Morgan fingerprint density at radius 2 is 1.08 bits per heavy atom. The Morgan fingerprint density at radius 3 is 1.68 bits per heavy atom. The quantitative estimate of drug-likeness (QED) is 0.0199. The molecule has 348 valence electrons. The average Bonchev–Trinajstić information content (AvgIpc) is 3.99. The van der Waals surface area contributed by atoms with Crippen LogP contribution in [-0.4, -0.2) is 61.5 Å². The van der Waals surface area contributed by atoms with Gasteiger partial charge in [-0.15, -0.1) is 0 Å². The summed E-state index contributed by atoms with van der Waals surface area (Å²) in [6, 6.07) is 0. The van der Waals surface area contributed by atoms with E-state index in [0.29, 0.717) is 6.42 Å². The van der Waals surface area contributed by atoms with E-state index in [9.17, 15) is 19.0 Å². The van der Waals surface area contributed by atoms with Gasteiger partial charge in [-0.3, -0.25) is 18.6 Å². The fourth-order valence-corrected chi connectivity index (χ4v) is 7.66. The van der Waals surface area contributed by atoms with Crippen molar-refractivity contribution in [2.24, 2.45) is 5.73 Å². The van der Waals surface area contributed by atoms with Crippen LogP contribution in [0.4, 0.5) is 0 Å². The molecule has 0 amide bonds. The van der Waals surface area contributed by atoms with Gasteiger partial charge in [-0.2, -0.15) is 0 Å². The first-order valence-electron chi connectivity index (χ1n) is 24.2. The van der Waals surface area contributed by atoms with Crippen molar-refractivity contribution in [1.82, 2.24) is 0 Å².